The summed E-state index contributed by atoms with van der Waals surface area (Å²) in [7, 11) is 2.08. The molecule has 0 bridgehead atoms. The molecule has 0 amide bonds. The SMILES string of the molecule is C=C(CC)CC(CCCCCCCCC)NC. The second-order valence-corrected chi connectivity index (χ2v) is 5.20. The van der Waals surface area contributed by atoms with E-state index in [-0.39, 0.29) is 0 Å². The van der Waals surface area contributed by atoms with Crippen molar-refractivity contribution < 1.29 is 0 Å². The fourth-order valence-corrected chi connectivity index (χ4v) is 2.19. The van der Waals surface area contributed by atoms with Gasteiger partial charge >= 0.3 is 0 Å². The van der Waals surface area contributed by atoms with Gasteiger partial charge in [-0.2, -0.15) is 0 Å². The van der Waals surface area contributed by atoms with Gasteiger partial charge in [0, 0.05) is 6.04 Å². The average molecular weight is 239 g/mol. The quantitative estimate of drug-likeness (QED) is 0.370. The Balaban J connectivity index is 3.40. The minimum absolute atomic E-state index is 0.651. The minimum atomic E-state index is 0.651. The molecule has 1 atom stereocenters. The molecule has 0 aliphatic heterocycles. The largest absolute Gasteiger partial charge is 0.317 e. The van der Waals surface area contributed by atoms with Crippen molar-refractivity contribution in [2.75, 3.05) is 7.05 Å². The van der Waals surface area contributed by atoms with E-state index >= 15 is 0 Å². The Hall–Kier alpha value is -0.300. The molecule has 17 heavy (non-hydrogen) atoms. The number of hydrogen-bond donors (Lipinski definition) is 1. The fourth-order valence-electron chi connectivity index (χ4n) is 2.19. The number of hydrogen-bond acceptors (Lipinski definition) is 1. The first-order chi connectivity index (χ1) is 8.24. The highest BCUT2D eigenvalue weighted by Gasteiger charge is 2.06. The van der Waals surface area contributed by atoms with E-state index in [2.05, 4.69) is 32.8 Å². The van der Waals surface area contributed by atoms with Gasteiger partial charge in [0.15, 0.2) is 0 Å². The van der Waals surface area contributed by atoms with Gasteiger partial charge in [-0.25, -0.2) is 0 Å². The fraction of sp³-hybridized carbons (Fsp3) is 0.875. The zero-order valence-corrected chi connectivity index (χ0v) is 12.4. The molecule has 0 aromatic heterocycles. The molecule has 1 heteroatoms. The molecule has 0 aromatic carbocycles. The van der Waals surface area contributed by atoms with Crippen molar-refractivity contribution in [1.29, 1.82) is 0 Å². The van der Waals surface area contributed by atoms with Crippen molar-refractivity contribution in [3.63, 3.8) is 0 Å². The lowest BCUT2D eigenvalue weighted by Crippen LogP contribution is -2.25. The molecule has 1 N–H and O–H groups in total. The van der Waals surface area contributed by atoms with Crippen LogP contribution in [0, 0.1) is 0 Å². The number of unbranched alkanes of at least 4 members (excludes halogenated alkanes) is 6. The Morgan fingerprint density at radius 1 is 1.00 bits per heavy atom. The molecule has 0 radical (unpaired) electrons. The van der Waals surface area contributed by atoms with Crippen LogP contribution < -0.4 is 5.32 Å². The second kappa shape index (κ2) is 12.2. The summed E-state index contributed by atoms with van der Waals surface area (Å²) in [5, 5.41) is 3.42. The van der Waals surface area contributed by atoms with Crippen molar-refractivity contribution in [2.24, 2.45) is 0 Å². The van der Waals surface area contributed by atoms with Crippen molar-refractivity contribution in [3.8, 4) is 0 Å². The first-order valence-electron chi connectivity index (χ1n) is 7.58. The predicted molar refractivity (Wildman–Crippen MR) is 79.5 cm³/mol. The van der Waals surface area contributed by atoms with Crippen LogP contribution in [0.3, 0.4) is 0 Å². The maximum atomic E-state index is 4.10. The van der Waals surface area contributed by atoms with Crippen LogP contribution in [0.15, 0.2) is 12.2 Å². The number of nitrogens with one attached hydrogen (secondary N) is 1. The molecule has 0 aliphatic rings. The average Bonchev–Trinajstić information content (AvgIpc) is 2.35. The van der Waals surface area contributed by atoms with Gasteiger partial charge in [-0.1, -0.05) is 70.9 Å². The van der Waals surface area contributed by atoms with Crippen LogP contribution in [0.4, 0.5) is 0 Å². The van der Waals surface area contributed by atoms with Gasteiger partial charge < -0.3 is 5.32 Å². The van der Waals surface area contributed by atoms with Crippen molar-refractivity contribution in [2.45, 2.75) is 84.1 Å². The normalized spacial score (nSPS) is 12.6. The zero-order valence-electron chi connectivity index (χ0n) is 12.4. The van der Waals surface area contributed by atoms with E-state index in [1.54, 1.807) is 0 Å². The minimum Gasteiger partial charge on any atom is -0.317 e. The third kappa shape index (κ3) is 10.6. The Morgan fingerprint density at radius 3 is 2.12 bits per heavy atom. The van der Waals surface area contributed by atoms with Crippen LogP contribution in [0.5, 0.6) is 0 Å². The van der Waals surface area contributed by atoms with Gasteiger partial charge in [0.05, 0.1) is 0 Å². The molecule has 0 heterocycles. The number of rotatable bonds is 12. The maximum absolute atomic E-state index is 4.10. The first kappa shape index (κ1) is 16.7. The molecule has 0 rings (SSSR count). The molecule has 102 valence electrons. The summed E-state index contributed by atoms with van der Waals surface area (Å²) in [4.78, 5) is 0. The Labute approximate surface area is 109 Å². The zero-order chi connectivity index (χ0) is 12.9. The summed E-state index contributed by atoms with van der Waals surface area (Å²) in [6.07, 6.45) is 13.4. The first-order valence-corrected chi connectivity index (χ1v) is 7.58. The molecule has 0 saturated carbocycles. The summed E-state index contributed by atoms with van der Waals surface area (Å²) in [5.74, 6) is 0. The van der Waals surface area contributed by atoms with Gasteiger partial charge in [-0.05, 0) is 26.3 Å². The van der Waals surface area contributed by atoms with Crippen LogP contribution >= 0.6 is 0 Å². The van der Waals surface area contributed by atoms with Gasteiger partial charge in [0.2, 0.25) is 0 Å². The standard InChI is InChI=1S/C16H33N/c1-5-7-8-9-10-11-12-13-16(17-4)14-15(3)6-2/h16-17H,3,5-14H2,1-2,4H3. The Morgan fingerprint density at radius 2 is 1.59 bits per heavy atom. The molecule has 0 aliphatic carbocycles. The van der Waals surface area contributed by atoms with E-state index in [1.807, 2.05) is 0 Å². The maximum Gasteiger partial charge on any atom is 0.0101 e. The van der Waals surface area contributed by atoms with Gasteiger partial charge in [0.25, 0.3) is 0 Å². The van der Waals surface area contributed by atoms with Gasteiger partial charge in [-0.3, -0.25) is 0 Å². The third-order valence-electron chi connectivity index (χ3n) is 3.60. The highest BCUT2D eigenvalue weighted by molar-refractivity contribution is 4.96. The van der Waals surface area contributed by atoms with E-state index < -0.39 is 0 Å². The molecule has 0 fully saturated rings. The summed E-state index contributed by atoms with van der Waals surface area (Å²) < 4.78 is 0. The van der Waals surface area contributed by atoms with Crippen molar-refractivity contribution in [1.82, 2.24) is 5.32 Å². The lowest BCUT2D eigenvalue weighted by Gasteiger charge is -2.16. The highest BCUT2D eigenvalue weighted by atomic mass is 14.9. The lowest BCUT2D eigenvalue weighted by molar-refractivity contribution is 0.475. The molecule has 1 nitrogen and oxygen atoms in total. The van der Waals surface area contributed by atoms with E-state index in [0.29, 0.717) is 6.04 Å². The summed E-state index contributed by atoms with van der Waals surface area (Å²) >= 11 is 0. The van der Waals surface area contributed by atoms with Crippen LogP contribution in [0.2, 0.25) is 0 Å². The molecule has 0 spiro atoms. The second-order valence-electron chi connectivity index (χ2n) is 5.20. The van der Waals surface area contributed by atoms with Crippen LogP contribution in [0.1, 0.15) is 78.1 Å². The van der Waals surface area contributed by atoms with Crippen LogP contribution in [-0.2, 0) is 0 Å². The van der Waals surface area contributed by atoms with Crippen molar-refractivity contribution in [3.05, 3.63) is 12.2 Å². The van der Waals surface area contributed by atoms with Crippen LogP contribution in [-0.4, -0.2) is 13.1 Å². The molecule has 1 unspecified atom stereocenters. The van der Waals surface area contributed by atoms with Gasteiger partial charge in [-0.15, -0.1) is 0 Å². The Kier molecular flexibility index (Phi) is 12.0. The van der Waals surface area contributed by atoms with E-state index in [1.165, 1.54) is 56.9 Å². The molecule has 0 aromatic rings. The molecular weight excluding hydrogens is 206 g/mol. The highest BCUT2D eigenvalue weighted by Crippen LogP contribution is 2.14. The summed E-state index contributed by atoms with van der Waals surface area (Å²) in [6, 6.07) is 0.651. The predicted octanol–water partition coefficient (Wildman–Crippen LogP) is 5.07. The van der Waals surface area contributed by atoms with Gasteiger partial charge in [0.1, 0.15) is 0 Å². The lowest BCUT2D eigenvalue weighted by atomic mass is 9.99. The molecular formula is C16H33N. The van der Waals surface area contributed by atoms with E-state index in [4.69, 9.17) is 0 Å². The summed E-state index contributed by atoms with van der Waals surface area (Å²) in [5.41, 5.74) is 1.38. The third-order valence-corrected chi connectivity index (χ3v) is 3.60. The monoisotopic (exact) mass is 239 g/mol. The molecule has 0 saturated heterocycles. The smallest absolute Gasteiger partial charge is 0.0101 e. The van der Waals surface area contributed by atoms with Crippen LogP contribution in [0.25, 0.3) is 0 Å². The van der Waals surface area contributed by atoms with Crippen molar-refractivity contribution >= 4 is 0 Å². The van der Waals surface area contributed by atoms with E-state index in [0.717, 1.165) is 12.8 Å². The summed E-state index contributed by atoms with van der Waals surface area (Å²) in [6.45, 7) is 8.57. The topological polar surface area (TPSA) is 12.0 Å². The Bertz CT molecular complexity index is 174. The van der Waals surface area contributed by atoms with E-state index in [9.17, 15) is 0 Å².